The number of amides is 2. The van der Waals surface area contributed by atoms with E-state index in [0.29, 0.717) is 30.2 Å². The lowest BCUT2D eigenvalue weighted by Crippen LogP contribution is -2.49. The van der Waals surface area contributed by atoms with Gasteiger partial charge in [0.15, 0.2) is 0 Å². The molecule has 5 fully saturated rings. The van der Waals surface area contributed by atoms with Crippen molar-refractivity contribution in [2.24, 2.45) is 35.5 Å². The topological polar surface area (TPSA) is 56.8 Å². The van der Waals surface area contributed by atoms with E-state index < -0.39 is 0 Å². The average molecular weight is 493 g/mol. The van der Waals surface area contributed by atoms with Crippen LogP contribution in [0.25, 0.3) is 10.1 Å². The summed E-state index contributed by atoms with van der Waals surface area (Å²) in [5.74, 6) is 3.59. The molecule has 3 heterocycles. The third-order valence-corrected chi connectivity index (χ3v) is 10.8. The van der Waals surface area contributed by atoms with Gasteiger partial charge in [0.1, 0.15) is 5.82 Å². The number of carbonyl (C=O) groups is 2. The minimum atomic E-state index is 0.0261. The predicted molar refractivity (Wildman–Crippen MR) is 138 cm³/mol. The summed E-state index contributed by atoms with van der Waals surface area (Å²) in [6.45, 7) is 5.93. The summed E-state index contributed by atoms with van der Waals surface area (Å²) in [7, 11) is 0. The maximum atomic E-state index is 13.3. The maximum Gasteiger partial charge on any atom is 0.233 e. The molecule has 5 aliphatic rings. The number of likely N-dealkylation sites (tertiary alicyclic amines) is 1. The molecule has 1 aromatic carbocycles. The summed E-state index contributed by atoms with van der Waals surface area (Å²) in [4.78, 5) is 33.4. The van der Waals surface area contributed by atoms with Gasteiger partial charge in [-0.1, -0.05) is 25.0 Å². The van der Waals surface area contributed by atoms with Crippen LogP contribution in [0.2, 0.25) is 0 Å². The molecule has 3 saturated carbocycles. The molecule has 2 aromatic rings. The van der Waals surface area contributed by atoms with Gasteiger partial charge in [-0.05, 0) is 79.4 Å². The highest BCUT2D eigenvalue weighted by Gasteiger charge is 2.61. The van der Waals surface area contributed by atoms with Gasteiger partial charge in [0.05, 0.1) is 16.5 Å². The van der Waals surface area contributed by atoms with E-state index in [1.165, 1.54) is 29.3 Å². The first-order valence-electron chi connectivity index (χ1n) is 13.8. The van der Waals surface area contributed by atoms with E-state index in [1.807, 2.05) is 0 Å². The molecule has 6 nitrogen and oxygen atoms in total. The summed E-state index contributed by atoms with van der Waals surface area (Å²) in [5.41, 5.74) is 0. The molecule has 0 N–H and O–H groups in total. The Kier molecular flexibility index (Phi) is 5.61. The van der Waals surface area contributed by atoms with Crippen molar-refractivity contribution in [3.8, 4) is 0 Å². The van der Waals surface area contributed by atoms with E-state index in [2.05, 4.69) is 34.1 Å². The van der Waals surface area contributed by atoms with Crippen molar-refractivity contribution >= 4 is 39.3 Å². The summed E-state index contributed by atoms with van der Waals surface area (Å²) >= 11 is 1.60. The fraction of sp³-hybridized carbons (Fsp3) is 0.679. The lowest BCUT2D eigenvalue weighted by Gasteiger charge is -2.40. The Balaban J connectivity index is 0.986. The van der Waals surface area contributed by atoms with Crippen LogP contribution >= 0.6 is 11.5 Å². The van der Waals surface area contributed by atoms with Crippen LogP contribution in [-0.4, -0.2) is 65.3 Å². The standard InChI is InChI=1S/C28H36N4O2S/c33-27-24-18-9-10-19(15-18)25(24)28(34)32(27)17-21-6-2-1-5-20(21)16-30-11-13-31(14-12-30)26-22-7-3-4-8-23(22)35-29-26/h3-4,7-8,18-21,24-25H,1-2,5-6,9-17H2/t18?,19?,20-,21-,24+,25?/m0/s1. The van der Waals surface area contributed by atoms with E-state index in [9.17, 15) is 9.59 Å². The first-order valence-corrected chi connectivity index (χ1v) is 14.6. The number of hydrogen-bond donors (Lipinski definition) is 0. The molecule has 2 aliphatic heterocycles. The Hall–Kier alpha value is -1.99. The molecule has 6 atom stereocenters. The van der Waals surface area contributed by atoms with Gasteiger partial charge in [-0.3, -0.25) is 19.4 Å². The van der Waals surface area contributed by atoms with E-state index in [1.54, 1.807) is 16.4 Å². The third kappa shape index (κ3) is 3.72. The smallest absolute Gasteiger partial charge is 0.233 e. The number of anilines is 1. The van der Waals surface area contributed by atoms with Crippen LogP contribution < -0.4 is 4.90 Å². The molecule has 0 radical (unpaired) electrons. The van der Waals surface area contributed by atoms with Crippen molar-refractivity contribution in [1.82, 2.24) is 14.2 Å². The van der Waals surface area contributed by atoms with Gasteiger partial charge < -0.3 is 4.90 Å². The first-order chi connectivity index (χ1) is 17.2. The molecule has 2 amide bonds. The van der Waals surface area contributed by atoms with Crippen molar-refractivity contribution in [3.05, 3.63) is 24.3 Å². The van der Waals surface area contributed by atoms with Gasteiger partial charge in [-0.2, -0.15) is 4.37 Å². The predicted octanol–water partition coefficient (Wildman–Crippen LogP) is 4.26. The fourth-order valence-electron chi connectivity index (χ4n) is 8.22. The number of benzene rings is 1. The zero-order valence-corrected chi connectivity index (χ0v) is 21.3. The SMILES string of the molecule is O=C1C2C3CCC(C3)[C@H]2C(=O)N1C[C@@H]1CCCC[C@H]1CN1CCN(c2nsc3ccccc23)CC1. The number of imide groups is 1. The Morgan fingerprint density at radius 1 is 0.829 bits per heavy atom. The number of nitrogens with zero attached hydrogens (tertiary/aromatic N) is 4. The molecular formula is C28H36N4O2S. The zero-order chi connectivity index (χ0) is 23.5. The summed E-state index contributed by atoms with van der Waals surface area (Å²) in [6, 6.07) is 8.54. The molecule has 1 aromatic heterocycles. The summed E-state index contributed by atoms with van der Waals surface area (Å²) in [5, 5.41) is 1.27. The minimum Gasteiger partial charge on any atom is -0.353 e. The third-order valence-electron chi connectivity index (χ3n) is 10.0. The van der Waals surface area contributed by atoms with Crippen molar-refractivity contribution in [2.75, 3.05) is 44.2 Å². The lowest BCUT2D eigenvalue weighted by atomic mass is 9.78. The molecule has 7 rings (SSSR count). The number of carbonyl (C=O) groups excluding carboxylic acids is 2. The van der Waals surface area contributed by atoms with Gasteiger partial charge >= 0.3 is 0 Å². The normalized spacial score (nSPS) is 35.4. The van der Waals surface area contributed by atoms with Crippen molar-refractivity contribution in [2.45, 2.75) is 44.9 Å². The Morgan fingerprint density at radius 3 is 2.20 bits per heavy atom. The molecule has 35 heavy (non-hydrogen) atoms. The van der Waals surface area contributed by atoms with Gasteiger partial charge in [0.2, 0.25) is 11.8 Å². The van der Waals surface area contributed by atoms with Gasteiger partial charge in [0.25, 0.3) is 0 Å². The first kappa shape index (κ1) is 22.2. The second-order valence-electron chi connectivity index (χ2n) is 11.8. The molecule has 0 spiro atoms. The molecule has 186 valence electrons. The molecule has 2 bridgehead atoms. The number of aromatic nitrogens is 1. The molecule has 2 saturated heterocycles. The van der Waals surface area contributed by atoms with E-state index in [4.69, 9.17) is 4.37 Å². The highest BCUT2D eigenvalue weighted by atomic mass is 32.1. The number of piperazine rings is 1. The second-order valence-corrected chi connectivity index (χ2v) is 12.6. The fourth-order valence-corrected chi connectivity index (χ4v) is 9.02. The highest BCUT2D eigenvalue weighted by molar-refractivity contribution is 7.13. The van der Waals surface area contributed by atoms with Crippen LogP contribution in [0.3, 0.4) is 0 Å². The molecule has 7 heteroatoms. The van der Waals surface area contributed by atoms with Crippen LogP contribution in [0.15, 0.2) is 24.3 Å². The van der Waals surface area contributed by atoms with Crippen molar-refractivity contribution in [3.63, 3.8) is 0 Å². The quantitative estimate of drug-likeness (QED) is 0.584. The molecular weight excluding hydrogens is 456 g/mol. The largest absolute Gasteiger partial charge is 0.353 e. The maximum absolute atomic E-state index is 13.3. The lowest BCUT2D eigenvalue weighted by molar-refractivity contribution is -0.142. The van der Waals surface area contributed by atoms with E-state index in [0.717, 1.165) is 64.2 Å². The van der Waals surface area contributed by atoms with E-state index >= 15 is 0 Å². The van der Waals surface area contributed by atoms with Gasteiger partial charge in [0, 0.05) is 44.7 Å². The van der Waals surface area contributed by atoms with Crippen LogP contribution in [0.4, 0.5) is 5.82 Å². The van der Waals surface area contributed by atoms with Crippen molar-refractivity contribution in [1.29, 1.82) is 0 Å². The van der Waals surface area contributed by atoms with Crippen LogP contribution in [0, 0.1) is 35.5 Å². The van der Waals surface area contributed by atoms with Gasteiger partial charge in [-0.25, -0.2) is 0 Å². The van der Waals surface area contributed by atoms with Crippen LogP contribution in [0.5, 0.6) is 0 Å². The van der Waals surface area contributed by atoms with Crippen LogP contribution in [-0.2, 0) is 9.59 Å². The molecule has 3 unspecified atom stereocenters. The van der Waals surface area contributed by atoms with Crippen LogP contribution in [0.1, 0.15) is 44.9 Å². The summed E-state index contributed by atoms with van der Waals surface area (Å²) in [6.07, 6.45) is 8.35. The highest BCUT2D eigenvalue weighted by Crippen LogP contribution is 2.56. The number of hydrogen-bond acceptors (Lipinski definition) is 6. The Labute approximate surface area is 211 Å². The summed E-state index contributed by atoms with van der Waals surface area (Å²) < 4.78 is 6.02. The number of rotatable bonds is 5. The van der Waals surface area contributed by atoms with E-state index in [-0.39, 0.29) is 23.7 Å². The monoisotopic (exact) mass is 492 g/mol. The zero-order valence-electron chi connectivity index (χ0n) is 20.5. The average Bonchev–Trinajstić information content (AvgIpc) is 3.66. The van der Waals surface area contributed by atoms with Crippen molar-refractivity contribution < 1.29 is 9.59 Å². The molecule has 3 aliphatic carbocycles. The Bertz CT molecular complexity index is 1100. The second kappa shape index (κ2) is 8.84. The van der Waals surface area contributed by atoms with Gasteiger partial charge in [-0.15, -0.1) is 0 Å². The minimum absolute atomic E-state index is 0.0261. The number of fused-ring (bicyclic) bond motifs is 6. The Morgan fingerprint density at radius 2 is 1.49 bits per heavy atom.